The molecule has 0 fully saturated rings. The topological polar surface area (TPSA) is 63.8 Å². The van der Waals surface area contributed by atoms with E-state index in [9.17, 15) is 4.39 Å². The first kappa shape index (κ1) is 17.0. The van der Waals surface area contributed by atoms with E-state index in [0.29, 0.717) is 12.2 Å². The van der Waals surface area contributed by atoms with Gasteiger partial charge in [0.05, 0.1) is 5.52 Å². The van der Waals surface area contributed by atoms with Crippen LogP contribution >= 0.6 is 0 Å². The van der Waals surface area contributed by atoms with Gasteiger partial charge in [0.1, 0.15) is 18.0 Å². The minimum atomic E-state index is -0.240. The summed E-state index contributed by atoms with van der Waals surface area (Å²) in [6, 6.07) is 22.4. The van der Waals surface area contributed by atoms with Crippen molar-refractivity contribution >= 4 is 22.4 Å². The first-order valence-corrected chi connectivity index (χ1v) is 8.75. The molecular formula is C22H19FN4. The van der Waals surface area contributed by atoms with Crippen molar-refractivity contribution in [2.75, 3.05) is 17.6 Å². The van der Waals surface area contributed by atoms with Crippen LogP contribution < -0.4 is 11.1 Å². The van der Waals surface area contributed by atoms with Gasteiger partial charge in [0.15, 0.2) is 0 Å². The largest absolute Gasteiger partial charge is 0.399 e. The molecule has 0 aliphatic rings. The van der Waals surface area contributed by atoms with E-state index in [4.69, 9.17) is 5.73 Å². The van der Waals surface area contributed by atoms with E-state index in [1.54, 1.807) is 0 Å². The SMILES string of the molecule is Nc1ccc2ncnc(NCC(c3ccccc3)c3ccc(F)cc3)c2c1. The van der Waals surface area contributed by atoms with Crippen molar-refractivity contribution in [2.45, 2.75) is 5.92 Å². The zero-order valence-electron chi connectivity index (χ0n) is 14.6. The van der Waals surface area contributed by atoms with Crippen LogP contribution in [0.15, 0.2) is 79.1 Å². The van der Waals surface area contributed by atoms with E-state index in [0.717, 1.165) is 27.8 Å². The van der Waals surface area contributed by atoms with Crippen molar-refractivity contribution in [3.63, 3.8) is 0 Å². The molecule has 0 bridgehead atoms. The lowest BCUT2D eigenvalue weighted by Gasteiger charge is -2.20. The lowest BCUT2D eigenvalue weighted by Crippen LogP contribution is -2.15. The van der Waals surface area contributed by atoms with Crippen LogP contribution in [0.25, 0.3) is 10.9 Å². The van der Waals surface area contributed by atoms with Gasteiger partial charge in [0, 0.05) is 23.5 Å². The molecule has 3 aromatic carbocycles. The smallest absolute Gasteiger partial charge is 0.137 e. The second kappa shape index (κ2) is 7.41. The number of nitrogens with two attached hydrogens (primary N) is 1. The molecule has 0 aliphatic carbocycles. The van der Waals surface area contributed by atoms with Crippen molar-refractivity contribution < 1.29 is 4.39 Å². The maximum atomic E-state index is 13.4. The first-order valence-electron chi connectivity index (χ1n) is 8.75. The fourth-order valence-corrected chi connectivity index (χ4v) is 3.22. The Labute approximate surface area is 156 Å². The second-order valence-corrected chi connectivity index (χ2v) is 6.39. The molecule has 0 amide bonds. The predicted molar refractivity (Wildman–Crippen MR) is 107 cm³/mol. The predicted octanol–water partition coefficient (Wildman–Crippen LogP) is 4.60. The Morgan fingerprint density at radius 2 is 1.63 bits per heavy atom. The molecule has 4 nitrogen and oxygen atoms in total. The molecule has 0 radical (unpaired) electrons. The molecule has 1 aromatic heterocycles. The highest BCUT2D eigenvalue weighted by molar-refractivity contribution is 5.91. The Kier molecular flexibility index (Phi) is 4.66. The summed E-state index contributed by atoms with van der Waals surface area (Å²) in [7, 11) is 0. The molecular weight excluding hydrogens is 339 g/mol. The lowest BCUT2D eigenvalue weighted by atomic mass is 9.91. The van der Waals surface area contributed by atoms with E-state index >= 15 is 0 Å². The highest BCUT2D eigenvalue weighted by atomic mass is 19.1. The summed E-state index contributed by atoms with van der Waals surface area (Å²) in [5.41, 5.74) is 9.61. The number of nitrogens with zero attached hydrogens (tertiary/aromatic N) is 2. The minimum Gasteiger partial charge on any atom is -0.399 e. The number of hydrogen-bond donors (Lipinski definition) is 2. The standard InChI is InChI=1S/C22H19FN4/c23-17-8-6-16(7-9-17)20(15-4-2-1-3-5-15)13-25-22-19-12-18(24)10-11-21(19)26-14-27-22/h1-12,14,20H,13,24H2,(H,25,26,27). The molecule has 0 aliphatic heterocycles. The molecule has 5 heteroatoms. The third-order valence-corrected chi connectivity index (χ3v) is 4.61. The van der Waals surface area contributed by atoms with Gasteiger partial charge in [-0.3, -0.25) is 0 Å². The van der Waals surface area contributed by atoms with Crippen molar-refractivity contribution in [3.05, 3.63) is 96.1 Å². The lowest BCUT2D eigenvalue weighted by molar-refractivity contribution is 0.626. The van der Waals surface area contributed by atoms with Crippen molar-refractivity contribution in [3.8, 4) is 0 Å². The molecule has 1 atom stereocenters. The molecule has 0 saturated carbocycles. The Balaban J connectivity index is 1.67. The van der Waals surface area contributed by atoms with Gasteiger partial charge in [-0.05, 0) is 41.5 Å². The first-order chi connectivity index (χ1) is 13.2. The molecule has 134 valence electrons. The van der Waals surface area contributed by atoms with Crippen LogP contribution in [0.2, 0.25) is 0 Å². The molecule has 4 aromatic rings. The van der Waals surface area contributed by atoms with Gasteiger partial charge in [-0.15, -0.1) is 0 Å². The molecule has 0 spiro atoms. The number of nitrogen functional groups attached to an aromatic ring is 1. The summed E-state index contributed by atoms with van der Waals surface area (Å²) in [6.07, 6.45) is 1.54. The van der Waals surface area contributed by atoms with Crippen LogP contribution in [-0.2, 0) is 0 Å². The molecule has 1 unspecified atom stereocenters. The average molecular weight is 358 g/mol. The Bertz CT molecular complexity index is 1050. The van der Waals surface area contributed by atoms with E-state index in [1.165, 1.54) is 18.5 Å². The van der Waals surface area contributed by atoms with E-state index in [-0.39, 0.29) is 11.7 Å². The Morgan fingerprint density at radius 3 is 2.41 bits per heavy atom. The van der Waals surface area contributed by atoms with Crippen LogP contribution in [0, 0.1) is 5.82 Å². The Morgan fingerprint density at radius 1 is 0.889 bits per heavy atom. The summed E-state index contributed by atoms with van der Waals surface area (Å²) in [5.74, 6) is 0.545. The third-order valence-electron chi connectivity index (χ3n) is 4.61. The quantitative estimate of drug-likeness (QED) is 0.512. The third kappa shape index (κ3) is 3.72. The number of halogens is 1. The number of aromatic nitrogens is 2. The van der Waals surface area contributed by atoms with Gasteiger partial charge in [0.25, 0.3) is 0 Å². The van der Waals surface area contributed by atoms with E-state index in [1.807, 2.05) is 48.5 Å². The zero-order valence-corrected chi connectivity index (χ0v) is 14.6. The van der Waals surface area contributed by atoms with Crippen LogP contribution in [-0.4, -0.2) is 16.5 Å². The molecule has 4 rings (SSSR count). The number of nitrogens with one attached hydrogen (secondary N) is 1. The number of benzene rings is 3. The van der Waals surface area contributed by atoms with E-state index in [2.05, 4.69) is 27.4 Å². The van der Waals surface area contributed by atoms with Gasteiger partial charge in [-0.25, -0.2) is 14.4 Å². The molecule has 0 saturated heterocycles. The second-order valence-electron chi connectivity index (χ2n) is 6.39. The fraction of sp³-hybridized carbons (Fsp3) is 0.0909. The normalized spacial score (nSPS) is 12.0. The fourth-order valence-electron chi connectivity index (χ4n) is 3.22. The van der Waals surface area contributed by atoms with Crippen molar-refractivity contribution in [1.29, 1.82) is 0 Å². The van der Waals surface area contributed by atoms with Crippen molar-refractivity contribution in [1.82, 2.24) is 9.97 Å². The summed E-state index contributed by atoms with van der Waals surface area (Å²) in [4.78, 5) is 8.67. The van der Waals surface area contributed by atoms with Gasteiger partial charge < -0.3 is 11.1 Å². The maximum Gasteiger partial charge on any atom is 0.137 e. The monoisotopic (exact) mass is 358 g/mol. The molecule has 3 N–H and O–H groups in total. The highest BCUT2D eigenvalue weighted by Crippen LogP contribution is 2.27. The minimum absolute atomic E-state index is 0.0536. The van der Waals surface area contributed by atoms with Gasteiger partial charge in [0.2, 0.25) is 0 Å². The maximum absolute atomic E-state index is 13.4. The zero-order chi connectivity index (χ0) is 18.6. The van der Waals surface area contributed by atoms with Gasteiger partial charge in [-0.2, -0.15) is 0 Å². The van der Waals surface area contributed by atoms with Crippen LogP contribution in [0.1, 0.15) is 17.0 Å². The van der Waals surface area contributed by atoms with Crippen LogP contribution in [0.3, 0.4) is 0 Å². The summed E-state index contributed by atoms with van der Waals surface area (Å²) in [5, 5.41) is 4.30. The van der Waals surface area contributed by atoms with Gasteiger partial charge >= 0.3 is 0 Å². The van der Waals surface area contributed by atoms with E-state index < -0.39 is 0 Å². The molecule has 1 heterocycles. The van der Waals surface area contributed by atoms with Crippen molar-refractivity contribution in [2.24, 2.45) is 0 Å². The highest BCUT2D eigenvalue weighted by Gasteiger charge is 2.15. The Hall–Kier alpha value is -3.47. The summed E-state index contributed by atoms with van der Waals surface area (Å²) >= 11 is 0. The number of anilines is 2. The molecule has 27 heavy (non-hydrogen) atoms. The number of rotatable bonds is 5. The number of hydrogen-bond acceptors (Lipinski definition) is 4. The van der Waals surface area contributed by atoms with Gasteiger partial charge in [-0.1, -0.05) is 42.5 Å². The van der Waals surface area contributed by atoms with Crippen LogP contribution in [0.4, 0.5) is 15.9 Å². The number of fused-ring (bicyclic) bond motifs is 1. The van der Waals surface area contributed by atoms with Crippen LogP contribution in [0.5, 0.6) is 0 Å². The summed E-state index contributed by atoms with van der Waals surface area (Å²) in [6.45, 7) is 0.608. The summed E-state index contributed by atoms with van der Waals surface area (Å²) < 4.78 is 13.4. The average Bonchev–Trinajstić information content (AvgIpc) is 2.70.